The first-order chi connectivity index (χ1) is 8.33. The maximum atomic E-state index is 3.76. The van der Waals surface area contributed by atoms with E-state index in [1.807, 2.05) is 0 Å². The SMILES string of the molecule is CCNC1CCCCCCC1N1CCCC1C. The summed E-state index contributed by atoms with van der Waals surface area (Å²) in [6.07, 6.45) is 11.4. The van der Waals surface area contributed by atoms with Crippen molar-refractivity contribution >= 4 is 0 Å². The van der Waals surface area contributed by atoms with Gasteiger partial charge in [-0.15, -0.1) is 0 Å². The second-order valence-corrected chi connectivity index (χ2v) is 5.95. The lowest BCUT2D eigenvalue weighted by molar-refractivity contribution is 0.128. The molecule has 0 aromatic heterocycles. The molecule has 3 atom stereocenters. The third-order valence-electron chi connectivity index (χ3n) is 4.73. The Hall–Kier alpha value is -0.0800. The van der Waals surface area contributed by atoms with E-state index < -0.39 is 0 Å². The van der Waals surface area contributed by atoms with Gasteiger partial charge in [-0.25, -0.2) is 0 Å². The Morgan fingerprint density at radius 3 is 2.41 bits per heavy atom. The predicted octanol–water partition coefficient (Wildman–Crippen LogP) is 3.17. The van der Waals surface area contributed by atoms with Gasteiger partial charge in [-0.05, 0) is 45.7 Å². The molecule has 2 heteroatoms. The highest BCUT2D eigenvalue weighted by Gasteiger charge is 2.32. The zero-order valence-corrected chi connectivity index (χ0v) is 11.8. The Bertz CT molecular complexity index is 217. The van der Waals surface area contributed by atoms with Gasteiger partial charge in [0.05, 0.1) is 0 Å². The fourth-order valence-electron chi connectivity index (χ4n) is 3.81. The number of likely N-dealkylation sites (N-methyl/N-ethyl adjacent to an activating group) is 1. The molecule has 0 bridgehead atoms. The summed E-state index contributed by atoms with van der Waals surface area (Å²) < 4.78 is 0. The minimum absolute atomic E-state index is 0.751. The van der Waals surface area contributed by atoms with Gasteiger partial charge in [0.25, 0.3) is 0 Å². The number of hydrogen-bond acceptors (Lipinski definition) is 2. The van der Waals surface area contributed by atoms with Gasteiger partial charge in [0, 0.05) is 18.1 Å². The lowest BCUT2D eigenvalue weighted by atomic mass is 9.90. The van der Waals surface area contributed by atoms with Crippen molar-refractivity contribution in [3.05, 3.63) is 0 Å². The molecular weight excluding hydrogens is 208 g/mol. The summed E-state index contributed by atoms with van der Waals surface area (Å²) in [5.41, 5.74) is 0. The van der Waals surface area contributed by atoms with E-state index in [9.17, 15) is 0 Å². The lowest BCUT2D eigenvalue weighted by Crippen LogP contribution is -2.51. The highest BCUT2D eigenvalue weighted by Crippen LogP contribution is 2.28. The van der Waals surface area contributed by atoms with Gasteiger partial charge in [-0.2, -0.15) is 0 Å². The molecule has 3 unspecified atom stereocenters. The van der Waals surface area contributed by atoms with Crippen molar-refractivity contribution in [2.45, 2.75) is 83.3 Å². The third kappa shape index (κ3) is 3.45. The molecule has 0 aromatic carbocycles. The van der Waals surface area contributed by atoms with E-state index in [0.717, 1.165) is 24.7 Å². The van der Waals surface area contributed by atoms with Crippen LogP contribution in [-0.2, 0) is 0 Å². The molecule has 2 aliphatic rings. The number of likely N-dealkylation sites (tertiary alicyclic amines) is 1. The lowest BCUT2D eigenvalue weighted by Gasteiger charge is -2.39. The largest absolute Gasteiger partial charge is 0.313 e. The second-order valence-electron chi connectivity index (χ2n) is 5.95. The van der Waals surface area contributed by atoms with Gasteiger partial charge in [0.1, 0.15) is 0 Å². The Labute approximate surface area is 107 Å². The maximum absolute atomic E-state index is 3.76. The molecule has 2 nitrogen and oxygen atoms in total. The number of nitrogens with one attached hydrogen (secondary N) is 1. The molecule has 1 saturated heterocycles. The molecule has 0 radical (unpaired) electrons. The number of hydrogen-bond donors (Lipinski definition) is 1. The van der Waals surface area contributed by atoms with Crippen LogP contribution in [0.5, 0.6) is 0 Å². The quantitative estimate of drug-likeness (QED) is 0.812. The van der Waals surface area contributed by atoms with Crippen LogP contribution in [-0.4, -0.2) is 36.1 Å². The predicted molar refractivity (Wildman–Crippen MR) is 74.4 cm³/mol. The Balaban J connectivity index is 2.01. The van der Waals surface area contributed by atoms with Crippen LogP contribution in [0, 0.1) is 0 Å². The Morgan fingerprint density at radius 2 is 1.76 bits per heavy atom. The van der Waals surface area contributed by atoms with E-state index in [0.29, 0.717) is 0 Å². The molecule has 2 fully saturated rings. The summed E-state index contributed by atoms with van der Waals surface area (Å²) in [5.74, 6) is 0. The van der Waals surface area contributed by atoms with Crippen molar-refractivity contribution < 1.29 is 0 Å². The Morgan fingerprint density at radius 1 is 1.00 bits per heavy atom. The monoisotopic (exact) mass is 238 g/mol. The summed E-state index contributed by atoms with van der Waals surface area (Å²) in [6, 6.07) is 2.38. The van der Waals surface area contributed by atoms with E-state index in [1.165, 1.54) is 57.9 Å². The van der Waals surface area contributed by atoms with Gasteiger partial charge in [0.15, 0.2) is 0 Å². The van der Waals surface area contributed by atoms with E-state index in [4.69, 9.17) is 0 Å². The Kier molecular flexibility index (Phi) is 5.30. The summed E-state index contributed by atoms with van der Waals surface area (Å²) in [5, 5.41) is 3.76. The van der Waals surface area contributed by atoms with Crippen LogP contribution in [0.15, 0.2) is 0 Å². The molecule has 0 spiro atoms. The summed E-state index contributed by atoms with van der Waals surface area (Å²) in [6.45, 7) is 7.15. The van der Waals surface area contributed by atoms with Gasteiger partial charge in [0.2, 0.25) is 0 Å². The van der Waals surface area contributed by atoms with Gasteiger partial charge in [-0.3, -0.25) is 4.90 Å². The van der Waals surface area contributed by atoms with Crippen molar-refractivity contribution in [2.24, 2.45) is 0 Å². The summed E-state index contributed by atoms with van der Waals surface area (Å²) in [4.78, 5) is 2.80. The van der Waals surface area contributed by atoms with Crippen LogP contribution in [0.1, 0.15) is 65.2 Å². The van der Waals surface area contributed by atoms with Crippen LogP contribution in [0.2, 0.25) is 0 Å². The van der Waals surface area contributed by atoms with E-state index >= 15 is 0 Å². The molecule has 1 heterocycles. The van der Waals surface area contributed by atoms with Gasteiger partial charge >= 0.3 is 0 Å². The van der Waals surface area contributed by atoms with Crippen LogP contribution in [0.3, 0.4) is 0 Å². The number of nitrogens with zero attached hydrogens (tertiary/aromatic N) is 1. The molecule has 0 aromatic rings. The minimum atomic E-state index is 0.751. The van der Waals surface area contributed by atoms with Crippen LogP contribution >= 0.6 is 0 Å². The molecule has 1 aliphatic carbocycles. The smallest absolute Gasteiger partial charge is 0.0252 e. The zero-order valence-electron chi connectivity index (χ0n) is 11.8. The van der Waals surface area contributed by atoms with E-state index in [-0.39, 0.29) is 0 Å². The topological polar surface area (TPSA) is 15.3 Å². The van der Waals surface area contributed by atoms with Gasteiger partial charge < -0.3 is 5.32 Å². The molecule has 1 aliphatic heterocycles. The minimum Gasteiger partial charge on any atom is -0.313 e. The van der Waals surface area contributed by atoms with Crippen molar-refractivity contribution in [3.63, 3.8) is 0 Å². The average molecular weight is 238 g/mol. The average Bonchev–Trinajstić information content (AvgIpc) is 2.69. The molecule has 0 amide bonds. The summed E-state index contributed by atoms with van der Waals surface area (Å²) >= 11 is 0. The first-order valence-electron chi connectivity index (χ1n) is 7.82. The number of rotatable bonds is 3. The molecule has 2 rings (SSSR count). The zero-order chi connectivity index (χ0) is 12.1. The highest BCUT2D eigenvalue weighted by atomic mass is 15.2. The maximum Gasteiger partial charge on any atom is 0.0252 e. The standard InChI is InChI=1S/C15H30N2/c1-3-16-14-10-6-4-5-7-11-15(14)17-12-8-9-13(17)2/h13-16H,3-12H2,1-2H3. The fourth-order valence-corrected chi connectivity index (χ4v) is 3.81. The molecule has 1 saturated carbocycles. The highest BCUT2D eigenvalue weighted by molar-refractivity contribution is 4.90. The van der Waals surface area contributed by atoms with Crippen molar-refractivity contribution in [3.8, 4) is 0 Å². The van der Waals surface area contributed by atoms with Crippen LogP contribution < -0.4 is 5.32 Å². The van der Waals surface area contributed by atoms with E-state index in [2.05, 4.69) is 24.1 Å². The van der Waals surface area contributed by atoms with Crippen molar-refractivity contribution in [1.82, 2.24) is 10.2 Å². The second kappa shape index (κ2) is 6.75. The van der Waals surface area contributed by atoms with Crippen molar-refractivity contribution in [1.29, 1.82) is 0 Å². The molecule has 100 valence electrons. The first kappa shape index (κ1) is 13.4. The van der Waals surface area contributed by atoms with Crippen LogP contribution in [0.4, 0.5) is 0 Å². The van der Waals surface area contributed by atoms with Crippen LogP contribution in [0.25, 0.3) is 0 Å². The molecule has 1 N–H and O–H groups in total. The first-order valence-corrected chi connectivity index (χ1v) is 7.82. The summed E-state index contributed by atoms with van der Waals surface area (Å²) in [7, 11) is 0. The van der Waals surface area contributed by atoms with Gasteiger partial charge in [-0.1, -0.05) is 32.6 Å². The van der Waals surface area contributed by atoms with Crippen molar-refractivity contribution in [2.75, 3.05) is 13.1 Å². The third-order valence-corrected chi connectivity index (χ3v) is 4.73. The molecular formula is C15H30N2. The fraction of sp³-hybridized carbons (Fsp3) is 1.00. The van der Waals surface area contributed by atoms with E-state index in [1.54, 1.807) is 0 Å². The molecule has 17 heavy (non-hydrogen) atoms. The normalized spacial score (nSPS) is 36.7.